The lowest BCUT2D eigenvalue weighted by molar-refractivity contribution is -0.135. The maximum absolute atomic E-state index is 12.2. The highest BCUT2D eigenvalue weighted by Gasteiger charge is 2.23. The Morgan fingerprint density at radius 3 is 2.85 bits per heavy atom. The second-order valence-corrected chi connectivity index (χ2v) is 6.02. The molecule has 0 spiro atoms. The SMILES string of the molecule is CN(CCOc1ccc(Br)cc1)C(=O)[C@H]1CCCNC1. The molecule has 5 heteroatoms. The summed E-state index contributed by atoms with van der Waals surface area (Å²) in [5.41, 5.74) is 0. The van der Waals surface area contributed by atoms with E-state index in [1.165, 1.54) is 0 Å². The number of amides is 1. The Labute approximate surface area is 128 Å². The van der Waals surface area contributed by atoms with Crippen LogP contribution >= 0.6 is 15.9 Å². The number of nitrogens with one attached hydrogen (secondary N) is 1. The van der Waals surface area contributed by atoms with Crippen molar-refractivity contribution in [1.82, 2.24) is 10.2 Å². The van der Waals surface area contributed by atoms with Crippen molar-refractivity contribution in [3.05, 3.63) is 28.7 Å². The Morgan fingerprint density at radius 1 is 1.45 bits per heavy atom. The molecule has 1 N–H and O–H groups in total. The van der Waals surface area contributed by atoms with Gasteiger partial charge < -0.3 is 15.0 Å². The molecule has 1 saturated heterocycles. The fraction of sp³-hybridized carbons (Fsp3) is 0.533. The van der Waals surface area contributed by atoms with Crippen LogP contribution in [0.1, 0.15) is 12.8 Å². The molecule has 1 aliphatic rings. The van der Waals surface area contributed by atoms with Gasteiger partial charge in [-0.2, -0.15) is 0 Å². The fourth-order valence-electron chi connectivity index (χ4n) is 2.32. The van der Waals surface area contributed by atoms with E-state index in [1.807, 2.05) is 31.3 Å². The van der Waals surface area contributed by atoms with Crippen molar-refractivity contribution < 1.29 is 9.53 Å². The van der Waals surface area contributed by atoms with Gasteiger partial charge in [-0.25, -0.2) is 0 Å². The van der Waals surface area contributed by atoms with Crippen molar-refractivity contribution in [3.63, 3.8) is 0 Å². The number of hydrogen-bond donors (Lipinski definition) is 1. The normalized spacial score (nSPS) is 18.6. The summed E-state index contributed by atoms with van der Waals surface area (Å²) in [6.45, 7) is 2.96. The molecule has 0 unspecified atom stereocenters. The van der Waals surface area contributed by atoms with Gasteiger partial charge in [0.15, 0.2) is 0 Å². The van der Waals surface area contributed by atoms with Crippen LogP contribution in [0.25, 0.3) is 0 Å². The molecule has 2 rings (SSSR count). The largest absolute Gasteiger partial charge is 0.492 e. The number of likely N-dealkylation sites (N-methyl/N-ethyl adjacent to an activating group) is 1. The van der Waals surface area contributed by atoms with Crippen LogP contribution < -0.4 is 10.1 Å². The summed E-state index contributed by atoms with van der Waals surface area (Å²) >= 11 is 3.39. The summed E-state index contributed by atoms with van der Waals surface area (Å²) in [5.74, 6) is 1.17. The third-order valence-corrected chi connectivity index (χ3v) is 4.06. The van der Waals surface area contributed by atoms with Crippen molar-refractivity contribution in [3.8, 4) is 5.75 Å². The summed E-state index contributed by atoms with van der Waals surface area (Å²) < 4.78 is 6.67. The van der Waals surface area contributed by atoms with Gasteiger partial charge in [0.2, 0.25) is 5.91 Å². The average molecular weight is 341 g/mol. The molecule has 0 aliphatic carbocycles. The Morgan fingerprint density at radius 2 is 2.20 bits per heavy atom. The van der Waals surface area contributed by atoms with Gasteiger partial charge >= 0.3 is 0 Å². The maximum atomic E-state index is 12.2. The zero-order valence-corrected chi connectivity index (χ0v) is 13.4. The number of carbonyl (C=O) groups is 1. The van der Waals surface area contributed by atoms with Crippen LogP contribution in [0.2, 0.25) is 0 Å². The molecule has 1 amide bonds. The van der Waals surface area contributed by atoms with Gasteiger partial charge in [0.25, 0.3) is 0 Å². The molecule has 0 aromatic heterocycles. The van der Waals surface area contributed by atoms with E-state index in [0.29, 0.717) is 13.2 Å². The van der Waals surface area contributed by atoms with Crippen LogP contribution in [0.15, 0.2) is 28.7 Å². The lowest BCUT2D eigenvalue weighted by atomic mass is 9.98. The van der Waals surface area contributed by atoms with E-state index < -0.39 is 0 Å². The van der Waals surface area contributed by atoms with Crippen LogP contribution in [-0.2, 0) is 4.79 Å². The highest BCUT2D eigenvalue weighted by atomic mass is 79.9. The molecule has 0 radical (unpaired) electrons. The van der Waals surface area contributed by atoms with Gasteiger partial charge in [0, 0.05) is 18.1 Å². The average Bonchev–Trinajstić information content (AvgIpc) is 2.49. The van der Waals surface area contributed by atoms with Gasteiger partial charge in [0.05, 0.1) is 12.5 Å². The van der Waals surface area contributed by atoms with Crippen molar-refractivity contribution in [1.29, 1.82) is 0 Å². The van der Waals surface area contributed by atoms with E-state index in [1.54, 1.807) is 4.90 Å². The standard InChI is InChI=1S/C15H21BrN2O2/c1-18(15(19)12-3-2-8-17-11-12)9-10-20-14-6-4-13(16)5-7-14/h4-7,12,17H,2-3,8-11H2,1H3/t12-/m0/s1. The first-order valence-electron chi connectivity index (χ1n) is 7.01. The van der Waals surface area contributed by atoms with Gasteiger partial charge in [-0.05, 0) is 43.7 Å². The lowest BCUT2D eigenvalue weighted by Gasteiger charge is -2.27. The van der Waals surface area contributed by atoms with Crippen molar-refractivity contribution in [2.24, 2.45) is 5.92 Å². The molecule has 20 heavy (non-hydrogen) atoms. The minimum atomic E-state index is 0.126. The molecule has 0 saturated carbocycles. The molecule has 1 aromatic carbocycles. The number of benzene rings is 1. The first-order valence-corrected chi connectivity index (χ1v) is 7.80. The third kappa shape index (κ3) is 4.49. The molecular weight excluding hydrogens is 320 g/mol. The van der Waals surface area contributed by atoms with E-state index in [0.717, 1.165) is 36.2 Å². The van der Waals surface area contributed by atoms with Crippen molar-refractivity contribution >= 4 is 21.8 Å². The van der Waals surface area contributed by atoms with E-state index in [-0.39, 0.29) is 11.8 Å². The highest BCUT2D eigenvalue weighted by Crippen LogP contribution is 2.16. The van der Waals surface area contributed by atoms with Crippen molar-refractivity contribution in [2.75, 3.05) is 33.3 Å². The van der Waals surface area contributed by atoms with Crippen molar-refractivity contribution in [2.45, 2.75) is 12.8 Å². The van der Waals surface area contributed by atoms with E-state index >= 15 is 0 Å². The number of piperidine rings is 1. The predicted molar refractivity (Wildman–Crippen MR) is 82.9 cm³/mol. The van der Waals surface area contributed by atoms with Gasteiger partial charge in [0.1, 0.15) is 12.4 Å². The number of nitrogens with zero attached hydrogens (tertiary/aromatic N) is 1. The lowest BCUT2D eigenvalue weighted by Crippen LogP contribution is -2.42. The van der Waals surface area contributed by atoms with Crippen LogP contribution in [0.4, 0.5) is 0 Å². The van der Waals surface area contributed by atoms with Gasteiger partial charge in [-0.15, -0.1) is 0 Å². The number of hydrogen-bond acceptors (Lipinski definition) is 3. The number of ether oxygens (including phenoxy) is 1. The molecule has 1 aliphatic heterocycles. The summed E-state index contributed by atoms with van der Waals surface area (Å²) in [4.78, 5) is 14.0. The molecule has 1 fully saturated rings. The minimum Gasteiger partial charge on any atom is -0.492 e. The zero-order chi connectivity index (χ0) is 14.4. The Hall–Kier alpha value is -1.07. The molecule has 1 aromatic rings. The highest BCUT2D eigenvalue weighted by molar-refractivity contribution is 9.10. The number of carbonyl (C=O) groups excluding carboxylic acids is 1. The van der Waals surface area contributed by atoms with Crippen LogP contribution in [0.5, 0.6) is 5.75 Å². The number of rotatable bonds is 5. The summed E-state index contributed by atoms with van der Waals surface area (Å²) in [6.07, 6.45) is 2.07. The molecule has 1 heterocycles. The Balaban J connectivity index is 1.72. The molecule has 110 valence electrons. The second-order valence-electron chi connectivity index (χ2n) is 5.11. The first kappa shape index (κ1) is 15.3. The molecule has 0 bridgehead atoms. The van der Waals surface area contributed by atoms with E-state index in [4.69, 9.17) is 4.74 Å². The Bertz CT molecular complexity index is 430. The topological polar surface area (TPSA) is 41.6 Å². The molecular formula is C15H21BrN2O2. The summed E-state index contributed by atoms with van der Waals surface area (Å²) in [7, 11) is 1.85. The van der Waals surface area contributed by atoms with Crippen LogP contribution in [0, 0.1) is 5.92 Å². The summed E-state index contributed by atoms with van der Waals surface area (Å²) in [6, 6.07) is 7.71. The quantitative estimate of drug-likeness (QED) is 0.894. The second kappa shape index (κ2) is 7.64. The molecule has 4 nitrogen and oxygen atoms in total. The minimum absolute atomic E-state index is 0.126. The van der Waals surface area contributed by atoms with Crippen LogP contribution in [-0.4, -0.2) is 44.1 Å². The first-order chi connectivity index (χ1) is 9.66. The maximum Gasteiger partial charge on any atom is 0.226 e. The Kier molecular flexibility index (Phi) is 5.86. The third-order valence-electron chi connectivity index (χ3n) is 3.53. The number of halogens is 1. The fourth-order valence-corrected chi connectivity index (χ4v) is 2.58. The van der Waals surface area contributed by atoms with E-state index in [9.17, 15) is 4.79 Å². The van der Waals surface area contributed by atoms with Gasteiger partial charge in [-0.3, -0.25) is 4.79 Å². The molecule has 1 atom stereocenters. The van der Waals surface area contributed by atoms with Crippen LogP contribution in [0.3, 0.4) is 0 Å². The summed E-state index contributed by atoms with van der Waals surface area (Å²) in [5, 5.41) is 3.27. The zero-order valence-electron chi connectivity index (χ0n) is 11.8. The predicted octanol–water partition coefficient (Wildman–Crippen LogP) is 2.29. The van der Waals surface area contributed by atoms with Gasteiger partial charge in [-0.1, -0.05) is 15.9 Å². The van der Waals surface area contributed by atoms with E-state index in [2.05, 4.69) is 21.2 Å². The smallest absolute Gasteiger partial charge is 0.226 e. The monoisotopic (exact) mass is 340 g/mol.